The van der Waals surface area contributed by atoms with Gasteiger partial charge in [0.2, 0.25) is 5.91 Å². The molecule has 2 rings (SSSR count). The zero-order chi connectivity index (χ0) is 10.7. The molecule has 1 fully saturated rings. The summed E-state index contributed by atoms with van der Waals surface area (Å²) in [5, 5.41) is 4.04. The minimum Gasteiger partial charge on any atom is -0.338 e. The highest BCUT2D eigenvalue weighted by atomic mass is 32.1. The Balaban J connectivity index is 1.96. The third kappa shape index (κ3) is 2.38. The third-order valence-corrected chi connectivity index (χ3v) is 3.64. The summed E-state index contributed by atoms with van der Waals surface area (Å²) in [6, 6.07) is 2.28. The van der Waals surface area contributed by atoms with Crippen molar-refractivity contribution in [1.29, 1.82) is 0 Å². The number of hydrogen-bond acceptors (Lipinski definition) is 3. The summed E-state index contributed by atoms with van der Waals surface area (Å²) in [7, 11) is 0. The number of hydrogen-bond donors (Lipinski definition) is 1. The SMILES string of the molecule is NC[C@H]1CCCN1C(=O)Cc1ccsc1. The number of rotatable bonds is 3. The van der Waals surface area contributed by atoms with Crippen LogP contribution in [0.25, 0.3) is 0 Å². The average molecular weight is 224 g/mol. The first-order valence-electron chi connectivity index (χ1n) is 5.32. The molecule has 2 N–H and O–H groups in total. The van der Waals surface area contributed by atoms with Crippen LogP contribution in [0.2, 0.25) is 0 Å². The molecule has 1 aromatic heterocycles. The number of nitrogens with two attached hydrogens (primary N) is 1. The quantitative estimate of drug-likeness (QED) is 0.839. The van der Waals surface area contributed by atoms with Gasteiger partial charge in [0.15, 0.2) is 0 Å². The van der Waals surface area contributed by atoms with Crippen molar-refractivity contribution in [2.24, 2.45) is 5.73 Å². The lowest BCUT2D eigenvalue weighted by atomic mass is 10.2. The molecule has 1 aliphatic rings. The number of carbonyl (C=O) groups excluding carboxylic acids is 1. The molecule has 0 spiro atoms. The van der Waals surface area contributed by atoms with Crippen LogP contribution in [0.3, 0.4) is 0 Å². The van der Waals surface area contributed by atoms with E-state index in [1.165, 1.54) is 0 Å². The minimum absolute atomic E-state index is 0.223. The Morgan fingerprint density at radius 2 is 2.53 bits per heavy atom. The summed E-state index contributed by atoms with van der Waals surface area (Å²) in [5.74, 6) is 0.223. The van der Waals surface area contributed by atoms with Crippen LogP contribution in [0.1, 0.15) is 18.4 Å². The molecule has 1 atom stereocenters. The van der Waals surface area contributed by atoms with Gasteiger partial charge in [-0.05, 0) is 35.2 Å². The molecule has 82 valence electrons. The number of nitrogens with zero attached hydrogens (tertiary/aromatic N) is 1. The zero-order valence-corrected chi connectivity index (χ0v) is 9.50. The number of thiophene rings is 1. The molecule has 1 aromatic rings. The Morgan fingerprint density at radius 3 is 3.20 bits per heavy atom. The van der Waals surface area contributed by atoms with Gasteiger partial charge in [-0.25, -0.2) is 0 Å². The first-order valence-corrected chi connectivity index (χ1v) is 6.26. The summed E-state index contributed by atoms with van der Waals surface area (Å²) < 4.78 is 0. The lowest BCUT2D eigenvalue weighted by Crippen LogP contribution is -2.40. The van der Waals surface area contributed by atoms with Gasteiger partial charge in [0.25, 0.3) is 0 Å². The van der Waals surface area contributed by atoms with Crippen molar-refractivity contribution in [3.05, 3.63) is 22.4 Å². The molecule has 0 radical (unpaired) electrons. The van der Waals surface area contributed by atoms with Crippen LogP contribution in [0.15, 0.2) is 16.8 Å². The van der Waals surface area contributed by atoms with Crippen molar-refractivity contribution >= 4 is 17.2 Å². The fraction of sp³-hybridized carbons (Fsp3) is 0.545. The van der Waals surface area contributed by atoms with Gasteiger partial charge in [-0.2, -0.15) is 11.3 Å². The van der Waals surface area contributed by atoms with Crippen LogP contribution in [0.5, 0.6) is 0 Å². The van der Waals surface area contributed by atoms with Crippen molar-refractivity contribution in [1.82, 2.24) is 4.90 Å². The van der Waals surface area contributed by atoms with E-state index in [4.69, 9.17) is 5.73 Å². The molecule has 4 heteroatoms. The molecule has 1 saturated heterocycles. The normalized spacial score (nSPS) is 20.9. The summed E-state index contributed by atoms with van der Waals surface area (Å²) in [5.41, 5.74) is 6.76. The van der Waals surface area contributed by atoms with Crippen LogP contribution < -0.4 is 5.73 Å². The standard InChI is InChI=1S/C11H16N2OS/c12-7-10-2-1-4-13(10)11(14)6-9-3-5-15-8-9/h3,5,8,10H,1-2,4,6-7,12H2/t10-/m1/s1. The highest BCUT2D eigenvalue weighted by molar-refractivity contribution is 7.07. The molecule has 1 aliphatic heterocycles. The maximum Gasteiger partial charge on any atom is 0.227 e. The summed E-state index contributed by atoms with van der Waals surface area (Å²) in [6.07, 6.45) is 2.68. The highest BCUT2D eigenvalue weighted by Gasteiger charge is 2.27. The van der Waals surface area contributed by atoms with E-state index >= 15 is 0 Å². The van der Waals surface area contributed by atoms with Crippen LogP contribution in [-0.4, -0.2) is 29.9 Å². The molecule has 0 aromatic carbocycles. The average Bonchev–Trinajstić information content (AvgIpc) is 2.86. The van der Waals surface area contributed by atoms with Crippen molar-refractivity contribution in [2.75, 3.05) is 13.1 Å². The second kappa shape index (κ2) is 4.77. The van der Waals surface area contributed by atoms with E-state index in [9.17, 15) is 4.79 Å². The van der Waals surface area contributed by atoms with Crippen LogP contribution in [0.4, 0.5) is 0 Å². The molecule has 0 saturated carbocycles. The van der Waals surface area contributed by atoms with Gasteiger partial charge in [0.1, 0.15) is 0 Å². The second-order valence-electron chi connectivity index (χ2n) is 3.93. The highest BCUT2D eigenvalue weighted by Crippen LogP contribution is 2.18. The summed E-state index contributed by atoms with van der Waals surface area (Å²) >= 11 is 1.64. The predicted octanol–water partition coefficient (Wildman–Crippen LogP) is 1.24. The minimum atomic E-state index is 0.223. The third-order valence-electron chi connectivity index (χ3n) is 2.91. The Bertz CT molecular complexity index is 323. The van der Waals surface area contributed by atoms with Crippen molar-refractivity contribution in [3.63, 3.8) is 0 Å². The van der Waals surface area contributed by atoms with Gasteiger partial charge in [-0.1, -0.05) is 0 Å². The maximum atomic E-state index is 12.0. The number of amides is 1. The molecule has 1 amide bonds. The summed E-state index contributed by atoms with van der Waals surface area (Å²) in [6.45, 7) is 1.47. The number of likely N-dealkylation sites (tertiary alicyclic amines) is 1. The Morgan fingerprint density at radius 1 is 1.67 bits per heavy atom. The lowest BCUT2D eigenvalue weighted by Gasteiger charge is -2.23. The number of carbonyl (C=O) groups is 1. The Labute approximate surface area is 93.9 Å². The first kappa shape index (κ1) is 10.6. The molecule has 3 nitrogen and oxygen atoms in total. The van der Waals surface area contributed by atoms with Gasteiger partial charge in [0.05, 0.1) is 6.42 Å². The molecule has 0 aliphatic carbocycles. The lowest BCUT2D eigenvalue weighted by molar-refractivity contribution is -0.131. The summed E-state index contributed by atoms with van der Waals surface area (Å²) in [4.78, 5) is 13.9. The smallest absolute Gasteiger partial charge is 0.227 e. The molecule has 2 heterocycles. The van der Waals surface area contributed by atoms with Crippen LogP contribution in [0, 0.1) is 0 Å². The second-order valence-corrected chi connectivity index (χ2v) is 4.71. The van der Waals surface area contributed by atoms with E-state index in [1.54, 1.807) is 11.3 Å². The van der Waals surface area contributed by atoms with E-state index in [0.717, 1.165) is 24.9 Å². The van der Waals surface area contributed by atoms with Gasteiger partial charge in [-0.15, -0.1) is 0 Å². The Kier molecular flexibility index (Phi) is 3.38. The van der Waals surface area contributed by atoms with E-state index in [0.29, 0.717) is 13.0 Å². The molecular formula is C11H16N2OS. The molecule has 0 unspecified atom stereocenters. The van der Waals surface area contributed by atoms with Gasteiger partial charge < -0.3 is 10.6 Å². The van der Waals surface area contributed by atoms with E-state index < -0.39 is 0 Å². The van der Waals surface area contributed by atoms with Gasteiger partial charge >= 0.3 is 0 Å². The topological polar surface area (TPSA) is 46.3 Å². The largest absolute Gasteiger partial charge is 0.338 e. The fourth-order valence-corrected chi connectivity index (χ4v) is 2.75. The van der Waals surface area contributed by atoms with Crippen LogP contribution >= 0.6 is 11.3 Å². The van der Waals surface area contributed by atoms with Crippen molar-refractivity contribution < 1.29 is 4.79 Å². The van der Waals surface area contributed by atoms with Crippen LogP contribution in [-0.2, 0) is 11.2 Å². The molecular weight excluding hydrogens is 208 g/mol. The maximum absolute atomic E-state index is 12.0. The van der Waals surface area contributed by atoms with Gasteiger partial charge in [-0.3, -0.25) is 4.79 Å². The van der Waals surface area contributed by atoms with Crippen molar-refractivity contribution in [2.45, 2.75) is 25.3 Å². The molecule has 15 heavy (non-hydrogen) atoms. The first-order chi connectivity index (χ1) is 7.31. The van der Waals surface area contributed by atoms with Gasteiger partial charge in [0, 0.05) is 19.1 Å². The van der Waals surface area contributed by atoms with E-state index in [1.807, 2.05) is 21.7 Å². The van der Waals surface area contributed by atoms with Crippen molar-refractivity contribution in [3.8, 4) is 0 Å². The van der Waals surface area contributed by atoms with E-state index in [2.05, 4.69) is 0 Å². The molecule has 0 bridgehead atoms. The van der Waals surface area contributed by atoms with E-state index in [-0.39, 0.29) is 11.9 Å². The monoisotopic (exact) mass is 224 g/mol. The predicted molar refractivity (Wildman–Crippen MR) is 61.8 cm³/mol. The Hall–Kier alpha value is -0.870. The fourth-order valence-electron chi connectivity index (χ4n) is 2.08. The zero-order valence-electron chi connectivity index (χ0n) is 8.69.